The summed E-state index contributed by atoms with van der Waals surface area (Å²) >= 11 is 0. The Morgan fingerprint density at radius 2 is 1.93 bits per heavy atom. The molecule has 0 radical (unpaired) electrons. The lowest BCUT2D eigenvalue weighted by Gasteiger charge is -2.40. The first-order valence-corrected chi connectivity index (χ1v) is 9.96. The van der Waals surface area contributed by atoms with Gasteiger partial charge in [-0.3, -0.25) is 19.5 Å². The highest BCUT2D eigenvalue weighted by atomic mass is 16.2. The number of nitrogens with one attached hydrogen (secondary N) is 2. The molecule has 6 heteroatoms. The number of nitrogens with zero attached hydrogens (tertiary/aromatic N) is 2. The highest BCUT2D eigenvalue weighted by molar-refractivity contribution is 5.94. The quantitative estimate of drug-likeness (QED) is 0.836. The molecule has 0 saturated carbocycles. The Kier molecular flexibility index (Phi) is 5.39. The number of pyridine rings is 1. The fourth-order valence-electron chi connectivity index (χ4n) is 4.47. The largest absolute Gasteiger partial charge is 0.349 e. The summed E-state index contributed by atoms with van der Waals surface area (Å²) in [5, 5.41) is 6.21. The Hall–Kier alpha value is -2.73. The first-order valence-electron chi connectivity index (χ1n) is 9.96. The van der Waals surface area contributed by atoms with Crippen LogP contribution in [0.5, 0.6) is 0 Å². The van der Waals surface area contributed by atoms with E-state index in [9.17, 15) is 9.59 Å². The lowest BCUT2D eigenvalue weighted by molar-refractivity contribution is -0.134. The summed E-state index contributed by atoms with van der Waals surface area (Å²) in [6.07, 6.45) is 5.34. The van der Waals surface area contributed by atoms with Crippen LogP contribution in [-0.4, -0.2) is 46.4 Å². The van der Waals surface area contributed by atoms with Crippen molar-refractivity contribution in [2.24, 2.45) is 0 Å². The number of fused-ring (bicyclic) bond motifs is 1. The SMILES string of the molecule is O=C(N[C@@H]1CN2CCCC[C@@]2(C(=O)NCc2ccccn2)C1)c1ccccc1. The third kappa shape index (κ3) is 3.78. The Bertz CT molecular complexity index is 827. The fraction of sp³-hybridized carbons (Fsp3) is 0.409. The number of hydrogen-bond acceptors (Lipinski definition) is 4. The third-order valence-electron chi connectivity index (χ3n) is 5.85. The maximum Gasteiger partial charge on any atom is 0.251 e. The molecule has 2 amide bonds. The van der Waals surface area contributed by atoms with E-state index >= 15 is 0 Å². The van der Waals surface area contributed by atoms with Gasteiger partial charge < -0.3 is 10.6 Å². The molecule has 2 N–H and O–H groups in total. The predicted molar refractivity (Wildman–Crippen MR) is 107 cm³/mol. The predicted octanol–water partition coefficient (Wildman–Crippen LogP) is 2.12. The van der Waals surface area contributed by atoms with Crippen LogP contribution in [0.2, 0.25) is 0 Å². The second-order valence-electron chi connectivity index (χ2n) is 7.68. The summed E-state index contributed by atoms with van der Waals surface area (Å²) in [5.74, 6) is -0.0243. The van der Waals surface area contributed by atoms with Crippen LogP contribution >= 0.6 is 0 Å². The van der Waals surface area contributed by atoms with E-state index < -0.39 is 5.54 Å². The summed E-state index contributed by atoms with van der Waals surface area (Å²) < 4.78 is 0. The number of carbonyl (C=O) groups excluding carboxylic acids is 2. The number of piperidine rings is 1. The van der Waals surface area contributed by atoms with Crippen molar-refractivity contribution in [2.75, 3.05) is 13.1 Å². The summed E-state index contributed by atoms with van der Waals surface area (Å²) in [6.45, 7) is 2.04. The van der Waals surface area contributed by atoms with Crippen LogP contribution in [0, 0.1) is 0 Å². The number of carbonyl (C=O) groups is 2. The molecule has 4 rings (SSSR count). The molecule has 0 spiro atoms. The van der Waals surface area contributed by atoms with Crippen molar-refractivity contribution in [3.05, 3.63) is 66.0 Å². The van der Waals surface area contributed by atoms with Crippen molar-refractivity contribution >= 4 is 11.8 Å². The molecule has 146 valence electrons. The Balaban J connectivity index is 1.44. The Morgan fingerprint density at radius 1 is 1.11 bits per heavy atom. The Labute approximate surface area is 165 Å². The van der Waals surface area contributed by atoms with Crippen LogP contribution in [0.1, 0.15) is 41.7 Å². The van der Waals surface area contributed by atoms with Gasteiger partial charge >= 0.3 is 0 Å². The summed E-state index contributed by atoms with van der Waals surface area (Å²) in [4.78, 5) is 32.3. The lowest BCUT2D eigenvalue weighted by Crippen LogP contribution is -2.57. The van der Waals surface area contributed by atoms with Crippen LogP contribution in [0.3, 0.4) is 0 Å². The molecule has 2 atom stereocenters. The van der Waals surface area contributed by atoms with Gasteiger partial charge in [0.2, 0.25) is 5.91 Å². The molecular formula is C22H26N4O2. The number of hydrogen-bond donors (Lipinski definition) is 2. The van der Waals surface area contributed by atoms with Gasteiger partial charge in [0, 0.05) is 24.3 Å². The summed E-state index contributed by atoms with van der Waals surface area (Å²) in [6, 6.07) is 14.9. The molecule has 2 aliphatic rings. The van der Waals surface area contributed by atoms with E-state index in [-0.39, 0.29) is 17.9 Å². The highest BCUT2D eigenvalue weighted by Crippen LogP contribution is 2.38. The van der Waals surface area contributed by atoms with Crippen LogP contribution < -0.4 is 10.6 Å². The minimum Gasteiger partial charge on any atom is -0.349 e. The molecule has 1 aromatic carbocycles. The first kappa shape index (κ1) is 18.6. The third-order valence-corrected chi connectivity index (χ3v) is 5.85. The molecule has 28 heavy (non-hydrogen) atoms. The van der Waals surface area contributed by atoms with E-state index in [2.05, 4.69) is 20.5 Å². The average molecular weight is 378 g/mol. The molecular weight excluding hydrogens is 352 g/mol. The van der Waals surface area contributed by atoms with Gasteiger partial charge in [0.25, 0.3) is 5.91 Å². The second kappa shape index (κ2) is 8.10. The minimum absolute atomic E-state index is 0.0218. The van der Waals surface area contributed by atoms with Gasteiger partial charge in [-0.1, -0.05) is 24.3 Å². The van der Waals surface area contributed by atoms with Crippen molar-refractivity contribution in [1.29, 1.82) is 0 Å². The van der Waals surface area contributed by atoms with Gasteiger partial charge in [-0.25, -0.2) is 0 Å². The van der Waals surface area contributed by atoms with Gasteiger partial charge in [0.05, 0.1) is 12.2 Å². The van der Waals surface area contributed by atoms with Crippen molar-refractivity contribution in [3.8, 4) is 0 Å². The smallest absolute Gasteiger partial charge is 0.251 e. The zero-order valence-electron chi connectivity index (χ0n) is 15.9. The number of rotatable bonds is 5. The van der Waals surface area contributed by atoms with E-state index in [1.54, 1.807) is 6.20 Å². The van der Waals surface area contributed by atoms with Crippen LogP contribution in [-0.2, 0) is 11.3 Å². The number of benzene rings is 1. The van der Waals surface area contributed by atoms with Crippen LogP contribution in [0.25, 0.3) is 0 Å². The van der Waals surface area contributed by atoms with E-state index in [4.69, 9.17) is 0 Å². The number of aromatic nitrogens is 1. The minimum atomic E-state index is -0.526. The zero-order chi connectivity index (χ0) is 19.4. The van der Waals surface area contributed by atoms with E-state index in [0.717, 1.165) is 38.0 Å². The standard InChI is InChI=1S/C22H26N4O2/c27-20(17-8-2-1-3-9-17)25-19-14-22(11-5-7-13-26(22)16-19)21(28)24-15-18-10-4-6-12-23-18/h1-4,6,8-10,12,19H,5,7,11,13-16H2,(H,24,28)(H,25,27)/t19-,22-/m0/s1. The van der Waals surface area contributed by atoms with Gasteiger partial charge in [-0.05, 0) is 56.5 Å². The molecule has 0 unspecified atom stereocenters. The maximum absolute atomic E-state index is 13.2. The van der Waals surface area contributed by atoms with Crippen LogP contribution in [0.4, 0.5) is 0 Å². The normalized spacial score (nSPS) is 24.4. The molecule has 6 nitrogen and oxygen atoms in total. The second-order valence-corrected chi connectivity index (χ2v) is 7.68. The Morgan fingerprint density at radius 3 is 2.71 bits per heavy atom. The maximum atomic E-state index is 13.2. The monoisotopic (exact) mass is 378 g/mol. The molecule has 2 fully saturated rings. The molecule has 0 aliphatic carbocycles. The van der Waals surface area contributed by atoms with Crippen molar-refractivity contribution in [2.45, 2.75) is 43.8 Å². The van der Waals surface area contributed by atoms with Crippen LogP contribution in [0.15, 0.2) is 54.7 Å². The van der Waals surface area contributed by atoms with Crippen molar-refractivity contribution in [3.63, 3.8) is 0 Å². The average Bonchev–Trinajstić information content (AvgIpc) is 3.12. The van der Waals surface area contributed by atoms with Gasteiger partial charge in [0.1, 0.15) is 5.54 Å². The van der Waals surface area contributed by atoms with E-state index in [0.29, 0.717) is 18.5 Å². The van der Waals surface area contributed by atoms with Gasteiger partial charge in [-0.2, -0.15) is 0 Å². The van der Waals surface area contributed by atoms with Crippen molar-refractivity contribution < 1.29 is 9.59 Å². The molecule has 2 aromatic rings. The summed E-state index contributed by atoms with van der Waals surface area (Å²) in [7, 11) is 0. The van der Waals surface area contributed by atoms with E-state index in [1.165, 1.54) is 0 Å². The molecule has 1 aromatic heterocycles. The topological polar surface area (TPSA) is 74.3 Å². The molecule has 2 aliphatic heterocycles. The van der Waals surface area contributed by atoms with Crippen molar-refractivity contribution in [1.82, 2.24) is 20.5 Å². The zero-order valence-corrected chi connectivity index (χ0v) is 15.9. The molecule has 3 heterocycles. The molecule has 0 bridgehead atoms. The highest BCUT2D eigenvalue weighted by Gasteiger charge is 2.52. The van der Waals surface area contributed by atoms with Gasteiger partial charge in [0.15, 0.2) is 0 Å². The van der Waals surface area contributed by atoms with Gasteiger partial charge in [-0.15, -0.1) is 0 Å². The number of amides is 2. The van der Waals surface area contributed by atoms with E-state index in [1.807, 2.05) is 48.5 Å². The lowest BCUT2D eigenvalue weighted by atomic mass is 9.84. The first-order chi connectivity index (χ1) is 13.7. The fourth-order valence-corrected chi connectivity index (χ4v) is 4.47. The molecule has 2 saturated heterocycles. The summed E-state index contributed by atoms with van der Waals surface area (Å²) in [5.41, 5.74) is 0.976.